The SMILES string of the molecule is CCOC(=O)CC(O)CN[C@@H](C)c1ccccc1OC. The molecule has 20 heavy (non-hydrogen) atoms. The normalized spacial score (nSPS) is 13.6. The number of carbonyl (C=O) groups excluding carboxylic acids is 1. The Morgan fingerprint density at radius 2 is 2.10 bits per heavy atom. The number of nitrogens with one attached hydrogen (secondary N) is 1. The zero-order valence-corrected chi connectivity index (χ0v) is 12.3. The molecule has 2 atom stereocenters. The lowest BCUT2D eigenvalue weighted by molar-refractivity contribution is -0.145. The Labute approximate surface area is 119 Å². The van der Waals surface area contributed by atoms with Crippen molar-refractivity contribution in [2.45, 2.75) is 32.4 Å². The minimum atomic E-state index is -0.758. The molecule has 0 fully saturated rings. The van der Waals surface area contributed by atoms with E-state index in [-0.39, 0.29) is 18.4 Å². The molecule has 0 amide bonds. The van der Waals surface area contributed by atoms with Gasteiger partial charge < -0.3 is 19.9 Å². The van der Waals surface area contributed by atoms with E-state index in [9.17, 15) is 9.90 Å². The van der Waals surface area contributed by atoms with Gasteiger partial charge in [0.05, 0.1) is 26.2 Å². The van der Waals surface area contributed by atoms with Crippen LogP contribution in [0.4, 0.5) is 0 Å². The number of aliphatic hydroxyl groups is 1. The van der Waals surface area contributed by atoms with Crippen molar-refractivity contribution in [3.8, 4) is 5.75 Å². The second-order valence-electron chi connectivity index (χ2n) is 4.53. The van der Waals surface area contributed by atoms with Gasteiger partial charge in [0, 0.05) is 18.2 Å². The summed E-state index contributed by atoms with van der Waals surface area (Å²) in [6, 6.07) is 7.72. The monoisotopic (exact) mass is 281 g/mol. The molecule has 0 radical (unpaired) electrons. The second-order valence-corrected chi connectivity index (χ2v) is 4.53. The first kappa shape index (κ1) is 16.5. The Balaban J connectivity index is 2.46. The summed E-state index contributed by atoms with van der Waals surface area (Å²) in [6.07, 6.45) is -0.759. The summed E-state index contributed by atoms with van der Waals surface area (Å²) in [7, 11) is 1.63. The summed E-state index contributed by atoms with van der Waals surface area (Å²) in [5, 5.41) is 13.0. The number of rotatable bonds is 8. The topological polar surface area (TPSA) is 67.8 Å². The predicted octanol–water partition coefficient (Wildman–Crippen LogP) is 1.66. The molecule has 0 aliphatic heterocycles. The summed E-state index contributed by atoms with van der Waals surface area (Å²) in [6.45, 7) is 4.37. The number of hydrogen-bond donors (Lipinski definition) is 2. The molecule has 1 unspecified atom stereocenters. The Morgan fingerprint density at radius 3 is 2.75 bits per heavy atom. The predicted molar refractivity (Wildman–Crippen MR) is 76.7 cm³/mol. The van der Waals surface area contributed by atoms with E-state index in [1.54, 1.807) is 14.0 Å². The molecular weight excluding hydrogens is 258 g/mol. The van der Waals surface area contributed by atoms with E-state index in [1.807, 2.05) is 31.2 Å². The van der Waals surface area contributed by atoms with Gasteiger partial charge in [-0.05, 0) is 19.9 Å². The third kappa shape index (κ3) is 5.19. The molecule has 0 heterocycles. The fraction of sp³-hybridized carbons (Fsp3) is 0.533. The molecule has 1 rings (SSSR count). The standard InChI is InChI=1S/C15H23NO4/c1-4-20-15(18)9-12(17)10-16-11(2)13-7-5-6-8-14(13)19-3/h5-8,11-12,16-17H,4,9-10H2,1-3H3/t11-,12?/m0/s1. The van der Waals surface area contributed by atoms with Crippen molar-refractivity contribution in [1.82, 2.24) is 5.32 Å². The molecule has 0 aliphatic carbocycles. The number of aliphatic hydroxyl groups excluding tert-OH is 1. The van der Waals surface area contributed by atoms with E-state index in [1.165, 1.54) is 0 Å². The van der Waals surface area contributed by atoms with Gasteiger partial charge in [0.25, 0.3) is 0 Å². The van der Waals surface area contributed by atoms with Crippen LogP contribution in [0.2, 0.25) is 0 Å². The molecular formula is C15H23NO4. The van der Waals surface area contributed by atoms with Crippen LogP contribution in [0.15, 0.2) is 24.3 Å². The molecule has 0 bridgehead atoms. The van der Waals surface area contributed by atoms with Crippen molar-refractivity contribution in [3.05, 3.63) is 29.8 Å². The summed E-state index contributed by atoms with van der Waals surface area (Å²) < 4.78 is 10.1. The summed E-state index contributed by atoms with van der Waals surface area (Å²) >= 11 is 0. The molecule has 0 aliphatic rings. The average Bonchev–Trinajstić information content (AvgIpc) is 2.44. The fourth-order valence-corrected chi connectivity index (χ4v) is 1.93. The Morgan fingerprint density at radius 1 is 1.40 bits per heavy atom. The van der Waals surface area contributed by atoms with Gasteiger partial charge in [-0.15, -0.1) is 0 Å². The van der Waals surface area contributed by atoms with Gasteiger partial charge in [0.15, 0.2) is 0 Å². The van der Waals surface area contributed by atoms with Crippen LogP contribution in [0.1, 0.15) is 31.9 Å². The molecule has 1 aromatic carbocycles. The first-order valence-electron chi connectivity index (χ1n) is 6.78. The fourth-order valence-electron chi connectivity index (χ4n) is 1.93. The van der Waals surface area contributed by atoms with E-state index in [2.05, 4.69) is 5.32 Å². The third-order valence-electron chi connectivity index (χ3n) is 2.97. The summed E-state index contributed by atoms with van der Waals surface area (Å²) in [4.78, 5) is 11.2. The molecule has 0 saturated carbocycles. The van der Waals surface area contributed by atoms with Crippen LogP contribution in [-0.4, -0.2) is 37.4 Å². The molecule has 2 N–H and O–H groups in total. The minimum Gasteiger partial charge on any atom is -0.496 e. The lowest BCUT2D eigenvalue weighted by atomic mass is 10.1. The number of benzene rings is 1. The van der Waals surface area contributed by atoms with Gasteiger partial charge in [-0.1, -0.05) is 18.2 Å². The zero-order valence-electron chi connectivity index (χ0n) is 12.3. The van der Waals surface area contributed by atoms with Gasteiger partial charge in [0.1, 0.15) is 5.75 Å². The van der Waals surface area contributed by atoms with E-state index < -0.39 is 6.10 Å². The smallest absolute Gasteiger partial charge is 0.308 e. The number of carbonyl (C=O) groups is 1. The number of ether oxygens (including phenoxy) is 2. The summed E-state index contributed by atoms with van der Waals surface area (Å²) in [5.74, 6) is 0.416. The maximum atomic E-state index is 11.2. The van der Waals surface area contributed by atoms with Gasteiger partial charge in [0.2, 0.25) is 0 Å². The highest BCUT2D eigenvalue weighted by Gasteiger charge is 2.15. The lowest BCUT2D eigenvalue weighted by Crippen LogP contribution is -2.31. The Bertz CT molecular complexity index is 422. The largest absolute Gasteiger partial charge is 0.496 e. The van der Waals surface area contributed by atoms with Crippen molar-refractivity contribution in [2.75, 3.05) is 20.3 Å². The first-order chi connectivity index (χ1) is 9.58. The number of hydrogen-bond acceptors (Lipinski definition) is 5. The van der Waals surface area contributed by atoms with Gasteiger partial charge in [-0.2, -0.15) is 0 Å². The first-order valence-corrected chi connectivity index (χ1v) is 6.78. The number of para-hydroxylation sites is 1. The van der Waals surface area contributed by atoms with Gasteiger partial charge in [-0.3, -0.25) is 4.79 Å². The second kappa shape index (κ2) is 8.55. The maximum absolute atomic E-state index is 11.2. The van der Waals surface area contributed by atoms with Crippen LogP contribution in [0.3, 0.4) is 0 Å². The van der Waals surface area contributed by atoms with Crippen molar-refractivity contribution in [1.29, 1.82) is 0 Å². The van der Waals surface area contributed by atoms with Crippen LogP contribution in [0.25, 0.3) is 0 Å². The number of esters is 1. The molecule has 1 aromatic rings. The van der Waals surface area contributed by atoms with Crippen molar-refractivity contribution < 1.29 is 19.4 Å². The molecule has 0 saturated heterocycles. The minimum absolute atomic E-state index is 0.000511. The van der Waals surface area contributed by atoms with Crippen LogP contribution < -0.4 is 10.1 Å². The Hall–Kier alpha value is -1.59. The van der Waals surface area contributed by atoms with Gasteiger partial charge in [-0.25, -0.2) is 0 Å². The molecule has 5 nitrogen and oxygen atoms in total. The quantitative estimate of drug-likeness (QED) is 0.709. The molecule has 112 valence electrons. The maximum Gasteiger partial charge on any atom is 0.308 e. The highest BCUT2D eigenvalue weighted by atomic mass is 16.5. The van der Waals surface area contributed by atoms with Gasteiger partial charge >= 0.3 is 5.97 Å². The van der Waals surface area contributed by atoms with E-state index in [4.69, 9.17) is 9.47 Å². The highest BCUT2D eigenvalue weighted by molar-refractivity contribution is 5.69. The number of methoxy groups -OCH3 is 1. The molecule has 0 aromatic heterocycles. The zero-order chi connectivity index (χ0) is 15.0. The average molecular weight is 281 g/mol. The van der Waals surface area contributed by atoms with Crippen molar-refractivity contribution in [2.24, 2.45) is 0 Å². The summed E-state index contributed by atoms with van der Waals surface area (Å²) in [5.41, 5.74) is 1.01. The lowest BCUT2D eigenvalue weighted by Gasteiger charge is -2.19. The van der Waals surface area contributed by atoms with Crippen molar-refractivity contribution >= 4 is 5.97 Å². The van der Waals surface area contributed by atoms with E-state index >= 15 is 0 Å². The third-order valence-corrected chi connectivity index (χ3v) is 2.97. The van der Waals surface area contributed by atoms with E-state index in [0.29, 0.717) is 13.2 Å². The highest BCUT2D eigenvalue weighted by Crippen LogP contribution is 2.24. The van der Waals surface area contributed by atoms with Crippen LogP contribution >= 0.6 is 0 Å². The van der Waals surface area contributed by atoms with Crippen LogP contribution in [-0.2, 0) is 9.53 Å². The van der Waals surface area contributed by atoms with Crippen LogP contribution in [0, 0.1) is 0 Å². The van der Waals surface area contributed by atoms with E-state index in [0.717, 1.165) is 11.3 Å². The molecule has 5 heteroatoms. The molecule has 0 spiro atoms. The Kier molecular flexibility index (Phi) is 7.04. The van der Waals surface area contributed by atoms with Crippen LogP contribution in [0.5, 0.6) is 5.75 Å². The van der Waals surface area contributed by atoms with Crippen molar-refractivity contribution in [3.63, 3.8) is 0 Å².